The Morgan fingerprint density at radius 3 is 2.62 bits per heavy atom. The minimum atomic E-state index is -0.389. The van der Waals surface area contributed by atoms with Crippen molar-refractivity contribution in [2.45, 2.75) is 26.0 Å². The van der Waals surface area contributed by atoms with Gasteiger partial charge in [-0.25, -0.2) is 4.79 Å². The Morgan fingerprint density at radius 2 is 1.83 bits per heavy atom. The van der Waals surface area contributed by atoms with Crippen LogP contribution in [0.25, 0.3) is 0 Å². The van der Waals surface area contributed by atoms with Gasteiger partial charge in [0.25, 0.3) is 0 Å². The highest BCUT2D eigenvalue weighted by Crippen LogP contribution is 2.27. The smallest absolute Gasteiger partial charge is 0.338 e. The Kier molecular flexibility index (Phi) is 6.10. The molecule has 29 heavy (non-hydrogen) atoms. The highest BCUT2D eigenvalue weighted by molar-refractivity contribution is 5.90. The van der Waals surface area contributed by atoms with Crippen LogP contribution in [0.4, 0.5) is 0 Å². The van der Waals surface area contributed by atoms with Crippen molar-refractivity contribution in [3.05, 3.63) is 65.2 Å². The van der Waals surface area contributed by atoms with Crippen molar-refractivity contribution >= 4 is 11.9 Å². The Bertz CT molecular complexity index is 861. The molecule has 1 amide bonds. The van der Waals surface area contributed by atoms with Gasteiger partial charge in [-0.1, -0.05) is 36.4 Å². The van der Waals surface area contributed by atoms with E-state index < -0.39 is 0 Å². The Hall–Kier alpha value is -2.86. The van der Waals surface area contributed by atoms with Crippen LogP contribution in [0.5, 0.6) is 5.75 Å². The van der Waals surface area contributed by atoms with Gasteiger partial charge < -0.3 is 19.1 Å². The molecule has 0 aromatic heterocycles. The largest absolute Gasteiger partial charge is 0.491 e. The van der Waals surface area contributed by atoms with Crippen LogP contribution in [0.2, 0.25) is 0 Å². The third-order valence-corrected chi connectivity index (χ3v) is 5.38. The second-order valence-corrected chi connectivity index (χ2v) is 7.38. The van der Waals surface area contributed by atoms with Gasteiger partial charge in [0.2, 0.25) is 5.91 Å². The molecular formula is C23H25NO5. The van der Waals surface area contributed by atoms with E-state index in [2.05, 4.69) is 0 Å². The average Bonchev–Trinajstić information content (AvgIpc) is 3.00. The monoisotopic (exact) mass is 395 g/mol. The van der Waals surface area contributed by atoms with Gasteiger partial charge >= 0.3 is 5.97 Å². The molecule has 6 heteroatoms. The molecule has 2 aromatic carbocycles. The number of fused-ring (bicyclic) bond motifs is 1. The van der Waals surface area contributed by atoms with Crippen molar-refractivity contribution in [1.29, 1.82) is 0 Å². The van der Waals surface area contributed by atoms with Crippen LogP contribution in [-0.2, 0) is 27.4 Å². The predicted octanol–water partition coefficient (Wildman–Crippen LogP) is 3.19. The molecule has 0 saturated carbocycles. The van der Waals surface area contributed by atoms with E-state index in [4.69, 9.17) is 14.2 Å². The van der Waals surface area contributed by atoms with Gasteiger partial charge in [-0.15, -0.1) is 0 Å². The number of carbonyl (C=O) groups is 2. The Morgan fingerprint density at radius 1 is 1.03 bits per heavy atom. The van der Waals surface area contributed by atoms with Crippen molar-refractivity contribution < 1.29 is 23.8 Å². The Balaban J connectivity index is 1.41. The molecule has 0 N–H and O–H groups in total. The quantitative estimate of drug-likeness (QED) is 0.744. The first-order valence-corrected chi connectivity index (χ1v) is 10.0. The molecule has 2 aromatic rings. The van der Waals surface area contributed by atoms with Crippen LogP contribution in [0, 0.1) is 5.92 Å². The topological polar surface area (TPSA) is 65.1 Å². The lowest BCUT2D eigenvalue weighted by molar-refractivity contribution is -0.139. The summed E-state index contributed by atoms with van der Waals surface area (Å²) in [6.07, 6.45) is 1.55. The predicted molar refractivity (Wildman–Crippen MR) is 106 cm³/mol. The van der Waals surface area contributed by atoms with Crippen LogP contribution in [0.1, 0.15) is 34.3 Å². The third kappa shape index (κ3) is 4.77. The fourth-order valence-corrected chi connectivity index (χ4v) is 3.69. The van der Waals surface area contributed by atoms with Gasteiger partial charge in [0.15, 0.2) is 0 Å². The maximum absolute atomic E-state index is 12.9. The van der Waals surface area contributed by atoms with Gasteiger partial charge in [0.05, 0.1) is 12.1 Å². The second-order valence-electron chi connectivity index (χ2n) is 7.38. The van der Waals surface area contributed by atoms with Gasteiger partial charge in [-0.05, 0) is 30.5 Å². The zero-order valence-electron chi connectivity index (χ0n) is 16.3. The van der Waals surface area contributed by atoms with E-state index in [0.29, 0.717) is 44.2 Å². The lowest BCUT2D eigenvalue weighted by atomic mass is 9.98. The maximum atomic E-state index is 12.9. The molecule has 0 bridgehead atoms. The number of ether oxygens (including phenoxy) is 3. The number of esters is 1. The molecular weight excluding hydrogens is 370 g/mol. The minimum Gasteiger partial charge on any atom is -0.491 e. The first-order chi connectivity index (χ1) is 14.2. The third-order valence-electron chi connectivity index (χ3n) is 5.38. The summed E-state index contributed by atoms with van der Waals surface area (Å²) in [6.45, 7) is 2.95. The van der Waals surface area contributed by atoms with Crippen LogP contribution in [0.3, 0.4) is 0 Å². The van der Waals surface area contributed by atoms with Crippen LogP contribution in [0.15, 0.2) is 48.5 Å². The summed E-state index contributed by atoms with van der Waals surface area (Å²) in [5.74, 6) is 0.440. The second kappa shape index (κ2) is 9.09. The zero-order valence-corrected chi connectivity index (χ0v) is 16.3. The number of carbonyl (C=O) groups excluding carboxylic acids is 2. The van der Waals surface area contributed by atoms with E-state index in [1.165, 1.54) is 0 Å². The van der Waals surface area contributed by atoms with Crippen molar-refractivity contribution in [2.24, 2.45) is 5.92 Å². The lowest BCUT2D eigenvalue weighted by Gasteiger charge is -2.28. The number of amides is 1. The molecule has 152 valence electrons. The summed E-state index contributed by atoms with van der Waals surface area (Å²) in [5.41, 5.74) is 2.29. The summed E-state index contributed by atoms with van der Waals surface area (Å²) >= 11 is 0. The fourth-order valence-electron chi connectivity index (χ4n) is 3.69. The molecule has 0 aliphatic carbocycles. The molecule has 2 heterocycles. The van der Waals surface area contributed by atoms with E-state index in [1.807, 2.05) is 41.3 Å². The molecule has 0 atom stereocenters. The number of nitrogens with zero attached hydrogens (tertiary/aromatic N) is 1. The normalized spacial score (nSPS) is 17.0. The highest BCUT2D eigenvalue weighted by Gasteiger charge is 2.28. The van der Waals surface area contributed by atoms with Crippen LogP contribution < -0.4 is 4.74 Å². The van der Waals surface area contributed by atoms with Gasteiger partial charge in [-0.2, -0.15) is 0 Å². The summed E-state index contributed by atoms with van der Waals surface area (Å²) in [7, 11) is 0. The molecule has 2 aliphatic rings. The van der Waals surface area contributed by atoms with E-state index in [-0.39, 0.29) is 24.4 Å². The number of benzene rings is 2. The van der Waals surface area contributed by atoms with E-state index in [9.17, 15) is 9.59 Å². The van der Waals surface area contributed by atoms with Gasteiger partial charge in [0.1, 0.15) is 19.0 Å². The number of rotatable bonds is 4. The SMILES string of the molecule is O=C(OCc1ccccc1)c1ccc2c(c1)OCCN(C(=O)C1CCOCC1)C2. The standard InChI is InChI=1S/C23H25NO5/c25-22(18-8-11-27-12-9-18)24-10-13-28-21-14-19(6-7-20(21)15-24)23(26)29-16-17-4-2-1-3-5-17/h1-7,14,18H,8-13,15-16H2. The lowest BCUT2D eigenvalue weighted by Crippen LogP contribution is -2.39. The van der Waals surface area contributed by atoms with Crippen LogP contribution >= 0.6 is 0 Å². The molecule has 0 radical (unpaired) electrons. The van der Waals surface area contributed by atoms with E-state index >= 15 is 0 Å². The number of hydrogen-bond acceptors (Lipinski definition) is 5. The zero-order chi connectivity index (χ0) is 20.1. The maximum Gasteiger partial charge on any atom is 0.338 e. The summed E-state index contributed by atoms with van der Waals surface area (Å²) in [6, 6.07) is 14.9. The molecule has 0 unspecified atom stereocenters. The van der Waals surface area contributed by atoms with Crippen molar-refractivity contribution in [3.8, 4) is 5.75 Å². The minimum absolute atomic E-state index is 0.0255. The number of hydrogen-bond donors (Lipinski definition) is 0. The first kappa shape index (κ1) is 19.5. The summed E-state index contributed by atoms with van der Waals surface area (Å²) < 4.78 is 16.6. The van der Waals surface area contributed by atoms with Crippen molar-refractivity contribution in [1.82, 2.24) is 4.90 Å². The Labute approximate surface area is 170 Å². The molecule has 0 spiro atoms. The molecule has 1 fully saturated rings. The summed E-state index contributed by atoms with van der Waals surface area (Å²) in [5, 5.41) is 0. The van der Waals surface area contributed by atoms with Crippen molar-refractivity contribution in [3.63, 3.8) is 0 Å². The molecule has 2 aliphatic heterocycles. The summed E-state index contributed by atoms with van der Waals surface area (Å²) in [4.78, 5) is 27.1. The van der Waals surface area contributed by atoms with Crippen LogP contribution in [-0.4, -0.2) is 43.1 Å². The molecule has 1 saturated heterocycles. The van der Waals surface area contributed by atoms with E-state index in [1.54, 1.807) is 12.1 Å². The highest BCUT2D eigenvalue weighted by atomic mass is 16.5. The van der Waals surface area contributed by atoms with Gasteiger partial charge in [0, 0.05) is 31.2 Å². The first-order valence-electron chi connectivity index (χ1n) is 10.0. The van der Waals surface area contributed by atoms with Crippen molar-refractivity contribution in [2.75, 3.05) is 26.4 Å². The average molecular weight is 395 g/mol. The fraction of sp³-hybridized carbons (Fsp3) is 0.391. The molecule has 6 nitrogen and oxygen atoms in total. The molecule has 4 rings (SSSR count). The van der Waals surface area contributed by atoms with Gasteiger partial charge in [-0.3, -0.25) is 4.79 Å². The van der Waals surface area contributed by atoms with E-state index in [0.717, 1.165) is 24.0 Å².